The molecule has 1 aromatic carbocycles. The smallest absolute Gasteiger partial charge is 0.377 e. The molecule has 3 aliphatic rings. The molecule has 210 valence electrons. The van der Waals surface area contributed by atoms with Crippen molar-refractivity contribution in [1.29, 1.82) is 0 Å². The number of hydrogen-bond acceptors (Lipinski definition) is 7. The van der Waals surface area contributed by atoms with Gasteiger partial charge in [0.1, 0.15) is 11.6 Å². The van der Waals surface area contributed by atoms with Gasteiger partial charge in [0.15, 0.2) is 11.5 Å². The third-order valence-electron chi connectivity index (χ3n) is 8.75. The first-order chi connectivity index (χ1) is 19.0. The Balaban J connectivity index is 1.35. The van der Waals surface area contributed by atoms with E-state index in [0.717, 1.165) is 70.4 Å². The Morgan fingerprint density at radius 1 is 1.12 bits per heavy atom. The molecule has 3 aromatic heterocycles. The Labute approximate surface area is 229 Å². The molecule has 6 heterocycles. The fraction of sp³-hybridized carbons (Fsp3) is 0.500. The number of piperidine rings is 1. The molecule has 40 heavy (non-hydrogen) atoms. The highest BCUT2D eigenvalue weighted by Crippen LogP contribution is 2.44. The van der Waals surface area contributed by atoms with Gasteiger partial charge in [0.05, 0.1) is 23.9 Å². The SMILES string of the molecule is Cc1ccc2n[nH]c(C)c2c1-c1nc2c(c(N3CC[C@H]4OC[C@@]4(C)C3)n1)CN(c1cc(C(F)(F)F)nn1C)CC2. The van der Waals surface area contributed by atoms with Crippen LogP contribution in [0.4, 0.5) is 24.8 Å². The minimum absolute atomic E-state index is 0.0469. The molecular weight excluding hydrogens is 521 g/mol. The van der Waals surface area contributed by atoms with E-state index in [1.54, 1.807) is 7.05 Å². The molecular formula is C28H31F3N8O. The number of fused-ring (bicyclic) bond motifs is 3. The Kier molecular flexibility index (Phi) is 5.48. The van der Waals surface area contributed by atoms with Crippen LogP contribution >= 0.6 is 0 Å². The van der Waals surface area contributed by atoms with Gasteiger partial charge in [-0.05, 0) is 31.9 Å². The molecule has 7 rings (SSSR count). The van der Waals surface area contributed by atoms with Crippen LogP contribution in [-0.2, 0) is 30.9 Å². The van der Waals surface area contributed by atoms with Crippen LogP contribution in [0, 0.1) is 19.3 Å². The van der Waals surface area contributed by atoms with Crippen molar-refractivity contribution in [3.05, 3.63) is 46.4 Å². The molecule has 2 fully saturated rings. The van der Waals surface area contributed by atoms with Gasteiger partial charge in [-0.2, -0.15) is 23.4 Å². The van der Waals surface area contributed by atoms with Crippen molar-refractivity contribution < 1.29 is 17.9 Å². The lowest BCUT2D eigenvalue weighted by atomic mass is 9.75. The molecule has 0 saturated carbocycles. The van der Waals surface area contributed by atoms with Gasteiger partial charge in [-0.15, -0.1) is 0 Å². The summed E-state index contributed by atoms with van der Waals surface area (Å²) >= 11 is 0. The van der Waals surface area contributed by atoms with Crippen LogP contribution in [0.15, 0.2) is 18.2 Å². The highest BCUT2D eigenvalue weighted by molar-refractivity contribution is 5.96. The first kappa shape index (κ1) is 25.3. The fourth-order valence-electron chi connectivity index (χ4n) is 6.55. The van der Waals surface area contributed by atoms with E-state index in [9.17, 15) is 13.2 Å². The molecule has 0 radical (unpaired) electrons. The second kappa shape index (κ2) is 8.66. The highest BCUT2D eigenvalue weighted by Gasteiger charge is 2.49. The summed E-state index contributed by atoms with van der Waals surface area (Å²) in [4.78, 5) is 14.6. The lowest BCUT2D eigenvalue weighted by molar-refractivity contribution is -0.183. The molecule has 0 unspecified atom stereocenters. The van der Waals surface area contributed by atoms with Gasteiger partial charge >= 0.3 is 6.18 Å². The van der Waals surface area contributed by atoms with Crippen molar-refractivity contribution in [1.82, 2.24) is 29.9 Å². The van der Waals surface area contributed by atoms with E-state index >= 15 is 0 Å². The number of rotatable bonds is 3. The Morgan fingerprint density at radius 2 is 1.95 bits per heavy atom. The molecule has 3 aliphatic heterocycles. The van der Waals surface area contributed by atoms with Gasteiger partial charge in [0.2, 0.25) is 0 Å². The average Bonchev–Trinajstić information content (AvgIpc) is 3.48. The fourth-order valence-corrected chi connectivity index (χ4v) is 6.55. The Hall–Kier alpha value is -3.67. The second-order valence-electron chi connectivity index (χ2n) is 11.6. The number of anilines is 2. The summed E-state index contributed by atoms with van der Waals surface area (Å²) in [7, 11) is 1.56. The van der Waals surface area contributed by atoms with Crippen molar-refractivity contribution in [3.8, 4) is 11.4 Å². The van der Waals surface area contributed by atoms with Gasteiger partial charge in [-0.3, -0.25) is 9.78 Å². The van der Waals surface area contributed by atoms with E-state index in [1.807, 2.05) is 24.0 Å². The van der Waals surface area contributed by atoms with Crippen molar-refractivity contribution in [2.24, 2.45) is 12.5 Å². The maximum atomic E-state index is 13.4. The zero-order chi connectivity index (χ0) is 28.0. The number of nitrogens with zero attached hydrogens (tertiary/aromatic N) is 7. The molecule has 2 atom stereocenters. The maximum Gasteiger partial charge on any atom is 0.435 e. The number of aromatic nitrogens is 6. The third kappa shape index (κ3) is 3.87. The van der Waals surface area contributed by atoms with Gasteiger partial charge in [-0.1, -0.05) is 13.0 Å². The van der Waals surface area contributed by atoms with E-state index < -0.39 is 11.9 Å². The first-order valence-corrected chi connectivity index (χ1v) is 13.6. The highest BCUT2D eigenvalue weighted by atomic mass is 19.4. The summed E-state index contributed by atoms with van der Waals surface area (Å²) in [5, 5.41) is 12.3. The van der Waals surface area contributed by atoms with Gasteiger partial charge in [0, 0.05) is 73.3 Å². The molecule has 0 amide bonds. The van der Waals surface area contributed by atoms with Gasteiger partial charge < -0.3 is 14.5 Å². The number of aromatic amines is 1. The topological polar surface area (TPSA) is 88.0 Å². The van der Waals surface area contributed by atoms with Crippen LogP contribution in [0.25, 0.3) is 22.3 Å². The summed E-state index contributed by atoms with van der Waals surface area (Å²) in [5.74, 6) is 1.94. The minimum Gasteiger partial charge on any atom is -0.377 e. The lowest BCUT2D eigenvalue weighted by Crippen LogP contribution is -2.61. The van der Waals surface area contributed by atoms with Gasteiger partial charge in [0.25, 0.3) is 0 Å². The zero-order valence-electron chi connectivity index (χ0n) is 22.9. The van der Waals surface area contributed by atoms with Crippen LogP contribution in [0.3, 0.4) is 0 Å². The molecule has 1 N–H and O–H groups in total. The monoisotopic (exact) mass is 552 g/mol. The number of aryl methyl sites for hydroxylation is 3. The largest absolute Gasteiger partial charge is 0.435 e. The zero-order valence-corrected chi connectivity index (χ0v) is 22.9. The van der Waals surface area contributed by atoms with Crippen molar-refractivity contribution >= 4 is 22.5 Å². The normalized spacial score (nSPS) is 22.8. The summed E-state index contributed by atoms with van der Waals surface area (Å²) in [6.07, 6.45) is -2.76. The van der Waals surface area contributed by atoms with E-state index in [0.29, 0.717) is 37.8 Å². The molecule has 4 aromatic rings. The maximum absolute atomic E-state index is 13.4. The molecule has 0 aliphatic carbocycles. The summed E-state index contributed by atoms with van der Waals surface area (Å²) in [6.45, 7) is 9.55. The quantitative estimate of drug-likeness (QED) is 0.399. The number of benzene rings is 1. The van der Waals surface area contributed by atoms with E-state index in [-0.39, 0.29) is 11.5 Å². The summed E-state index contributed by atoms with van der Waals surface area (Å²) < 4.78 is 47.4. The van der Waals surface area contributed by atoms with E-state index in [4.69, 9.17) is 14.7 Å². The van der Waals surface area contributed by atoms with E-state index in [1.165, 1.54) is 4.68 Å². The number of ether oxygens (including phenoxy) is 1. The molecule has 0 bridgehead atoms. The van der Waals surface area contributed by atoms with Crippen molar-refractivity contribution in [2.45, 2.75) is 52.4 Å². The predicted molar refractivity (Wildman–Crippen MR) is 144 cm³/mol. The molecule has 2 saturated heterocycles. The molecule has 12 heteroatoms. The Bertz CT molecular complexity index is 1640. The van der Waals surface area contributed by atoms with Crippen LogP contribution in [0.2, 0.25) is 0 Å². The minimum atomic E-state index is -4.50. The molecule has 0 spiro atoms. The second-order valence-corrected chi connectivity index (χ2v) is 11.6. The number of H-pyrrole nitrogens is 1. The van der Waals surface area contributed by atoms with Crippen LogP contribution < -0.4 is 9.80 Å². The van der Waals surface area contributed by atoms with Crippen LogP contribution in [0.5, 0.6) is 0 Å². The number of halogens is 3. The van der Waals surface area contributed by atoms with Crippen molar-refractivity contribution in [2.75, 3.05) is 36.0 Å². The third-order valence-corrected chi connectivity index (χ3v) is 8.75. The first-order valence-electron chi connectivity index (χ1n) is 13.6. The number of nitrogens with one attached hydrogen (secondary N) is 1. The Morgan fingerprint density at radius 3 is 2.65 bits per heavy atom. The van der Waals surface area contributed by atoms with E-state index in [2.05, 4.69) is 34.0 Å². The van der Waals surface area contributed by atoms with Gasteiger partial charge in [-0.25, -0.2) is 9.97 Å². The standard InChI is InChI=1S/C28H31F3N8O/c1-15-5-6-19-24(16(2)34-35-19)23(15)25-32-18-7-9-38(22-11-20(28(29,30)31)36-37(22)4)12-17(18)26(33-25)39-10-8-21-27(3,13-39)14-40-21/h5-6,11,21H,7-10,12-14H2,1-4H3,(H,34,35)/t21-,27-/m1/s1. The van der Waals surface area contributed by atoms with Crippen molar-refractivity contribution in [3.63, 3.8) is 0 Å². The average molecular weight is 553 g/mol. The summed E-state index contributed by atoms with van der Waals surface area (Å²) in [5.41, 5.74) is 4.90. The molecule has 9 nitrogen and oxygen atoms in total. The number of hydrogen-bond donors (Lipinski definition) is 1. The summed E-state index contributed by atoms with van der Waals surface area (Å²) in [6, 6.07) is 5.17. The lowest BCUT2D eigenvalue weighted by Gasteiger charge is -2.53. The van der Waals surface area contributed by atoms with Crippen LogP contribution in [-0.4, -0.2) is 62.3 Å². The predicted octanol–water partition coefficient (Wildman–Crippen LogP) is 4.57. The number of alkyl halides is 3. The van der Waals surface area contributed by atoms with Crippen LogP contribution in [0.1, 0.15) is 41.6 Å².